The van der Waals surface area contributed by atoms with E-state index in [0.717, 1.165) is 22.1 Å². The lowest BCUT2D eigenvalue weighted by atomic mass is 9.68. The molecule has 0 aliphatic carbocycles. The number of aromatic nitrogens is 1. The van der Waals surface area contributed by atoms with Gasteiger partial charge in [0, 0.05) is 18.0 Å². The van der Waals surface area contributed by atoms with Crippen molar-refractivity contribution in [3.63, 3.8) is 0 Å². The summed E-state index contributed by atoms with van der Waals surface area (Å²) in [4.78, 5) is 41.3. The molecule has 1 N–H and O–H groups in total. The van der Waals surface area contributed by atoms with Gasteiger partial charge in [-0.2, -0.15) is 0 Å². The molecule has 1 heterocycles. The Morgan fingerprint density at radius 2 is 1.20 bits per heavy atom. The Bertz CT molecular complexity index is 1660. The van der Waals surface area contributed by atoms with Gasteiger partial charge in [0.1, 0.15) is 17.1 Å². The molecule has 0 bridgehead atoms. The van der Waals surface area contributed by atoms with Crippen molar-refractivity contribution in [3.05, 3.63) is 144 Å². The number of hydrogen-bond acceptors (Lipinski definition) is 5. The third kappa shape index (κ3) is 5.99. The largest absolute Gasteiger partial charge is 0.467 e. The van der Waals surface area contributed by atoms with E-state index >= 15 is 0 Å². The Kier molecular flexibility index (Phi) is 8.67. The van der Waals surface area contributed by atoms with Gasteiger partial charge >= 0.3 is 12.1 Å². The van der Waals surface area contributed by atoms with Crippen LogP contribution < -0.4 is 5.32 Å². The lowest BCUT2D eigenvalue weighted by Crippen LogP contribution is -2.52. The molecule has 1 amide bonds. The Hall–Kier alpha value is -5.17. The second kappa shape index (κ2) is 12.6. The number of rotatable bonds is 8. The maximum absolute atomic E-state index is 14.8. The monoisotopic (exact) mass is 588 g/mol. The molecule has 7 heteroatoms. The van der Waals surface area contributed by atoms with Crippen molar-refractivity contribution >= 4 is 28.9 Å². The van der Waals surface area contributed by atoms with Gasteiger partial charge in [-0.3, -0.25) is 9.36 Å². The molecule has 0 saturated heterocycles. The molecular formula is C37H36N2O5. The van der Waals surface area contributed by atoms with E-state index in [0.29, 0.717) is 11.1 Å². The highest BCUT2D eigenvalue weighted by atomic mass is 16.6. The Labute approximate surface area is 257 Å². The molecule has 0 spiro atoms. The highest BCUT2D eigenvalue weighted by molar-refractivity contribution is 5.99. The number of nitrogens with zero attached hydrogens (tertiary/aromatic N) is 1. The predicted octanol–water partition coefficient (Wildman–Crippen LogP) is 6.66. The van der Waals surface area contributed by atoms with Crippen LogP contribution >= 0.6 is 0 Å². The molecule has 44 heavy (non-hydrogen) atoms. The van der Waals surface area contributed by atoms with Crippen LogP contribution in [0.4, 0.5) is 4.79 Å². The fourth-order valence-electron chi connectivity index (χ4n) is 5.65. The van der Waals surface area contributed by atoms with Crippen LogP contribution in [0, 0.1) is 0 Å². The summed E-state index contributed by atoms with van der Waals surface area (Å²) in [5.74, 6) is -0.983. The molecule has 7 nitrogen and oxygen atoms in total. The van der Waals surface area contributed by atoms with Gasteiger partial charge in [0.25, 0.3) is 0 Å². The fourth-order valence-corrected chi connectivity index (χ4v) is 5.65. The second-order valence-corrected chi connectivity index (χ2v) is 11.6. The van der Waals surface area contributed by atoms with Crippen molar-refractivity contribution in [2.24, 2.45) is 0 Å². The maximum atomic E-state index is 14.8. The number of amides is 1. The quantitative estimate of drug-likeness (QED) is 0.162. The molecule has 5 aromatic rings. The molecule has 1 atom stereocenters. The normalized spacial score (nSPS) is 12.4. The molecule has 0 saturated carbocycles. The lowest BCUT2D eigenvalue weighted by molar-refractivity contribution is -0.145. The van der Waals surface area contributed by atoms with Gasteiger partial charge < -0.3 is 14.8 Å². The highest BCUT2D eigenvalue weighted by Gasteiger charge is 2.45. The van der Waals surface area contributed by atoms with Gasteiger partial charge in [-0.05, 0) is 49.1 Å². The van der Waals surface area contributed by atoms with Crippen molar-refractivity contribution in [2.45, 2.75) is 44.2 Å². The van der Waals surface area contributed by atoms with Crippen LogP contribution in [0.15, 0.2) is 121 Å². The molecule has 4 aromatic carbocycles. The van der Waals surface area contributed by atoms with E-state index in [4.69, 9.17) is 9.47 Å². The van der Waals surface area contributed by atoms with Crippen LogP contribution in [0.1, 0.15) is 43.0 Å². The topological polar surface area (TPSA) is 86.6 Å². The van der Waals surface area contributed by atoms with Crippen LogP contribution in [0.2, 0.25) is 0 Å². The Morgan fingerprint density at radius 3 is 1.68 bits per heavy atom. The zero-order valence-corrected chi connectivity index (χ0v) is 25.3. The van der Waals surface area contributed by atoms with Crippen molar-refractivity contribution in [1.29, 1.82) is 0 Å². The third-order valence-electron chi connectivity index (χ3n) is 7.56. The molecule has 0 radical (unpaired) electrons. The molecule has 5 rings (SSSR count). The molecule has 1 aromatic heterocycles. The van der Waals surface area contributed by atoms with E-state index in [-0.39, 0.29) is 12.3 Å². The minimum absolute atomic E-state index is 0.0865. The van der Waals surface area contributed by atoms with Gasteiger partial charge in [-0.15, -0.1) is 0 Å². The van der Waals surface area contributed by atoms with Crippen molar-refractivity contribution in [3.8, 4) is 0 Å². The number of carbonyl (C=O) groups is 3. The van der Waals surface area contributed by atoms with E-state index in [9.17, 15) is 14.4 Å². The summed E-state index contributed by atoms with van der Waals surface area (Å²) < 4.78 is 12.3. The number of ether oxygens (including phenoxy) is 2. The van der Waals surface area contributed by atoms with E-state index in [1.54, 1.807) is 27.0 Å². The van der Waals surface area contributed by atoms with Crippen molar-refractivity contribution in [2.75, 3.05) is 7.11 Å². The molecule has 224 valence electrons. The number of esters is 1. The van der Waals surface area contributed by atoms with E-state index in [1.807, 2.05) is 115 Å². The average Bonchev–Trinajstić information content (AvgIpc) is 3.40. The number of nitrogens with one attached hydrogen (secondary N) is 1. The van der Waals surface area contributed by atoms with Crippen LogP contribution in [0.3, 0.4) is 0 Å². The standard InChI is InChI=1S/C37H36N2O5/c1-36(2,3)44-35(42)39-25-26(30-22-14-15-23-32(30)39)24-31(33(40)43-4)38-34(41)37(27-16-8-5-9-17-27,28-18-10-6-11-19-28)29-20-12-7-13-21-29/h5-23,25,31H,24H2,1-4H3,(H,38,41)/t31-/m1/s1. The first kappa shape index (κ1) is 30.3. The van der Waals surface area contributed by atoms with E-state index < -0.39 is 29.1 Å². The van der Waals surface area contributed by atoms with E-state index in [1.165, 1.54) is 11.7 Å². The summed E-state index contributed by atoms with van der Waals surface area (Å²) >= 11 is 0. The van der Waals surface area contributed by atoms with E-state index in [2.05, 4.69) is 5.32 Å². The molecule has 0 unspecified atom stereocenters. The maximum Gasteiger partial charge on any atom is 0.419 e. The summed E-state index contributed by atoms with van der Waals surface area (Å²) in [7, 11) is 1.30. The fraction of sp³-hybridized carbons (Fsp3) is 0.216. The summed E-state index contributed by atoms with van der Waals surface area (Å²) in [6.07, 6.45) is 1.22. The first-order valence-electron chi connectivity index (χ1n) is 14.5. The van der Waals surface area contributed by atoms with Gasteiger partial charge in [-0.25, -0.2) is 9.59 Å². The number of hydrogen-bond donors (Lipinski definition) is 1. The predicted molar refractivity (Wildman–Crippen MR) is 170 cm³/mol. The zero-order chi connectivity index (χ0) is 31.3. The third-order valence-corrected chi connectivity index (χ3v) is 7.56. The smallest absolute Gasteiger partial charge is 0.419 e. The van der Waals surface area contributed by atoms with Crippen molar-refractivity contribution < 1.29 is 23.9 Å². The molecular weight excluding hydrogens is 552 g/mol. The second-order valence-electron chi connectivity index (χ2n) is 11.6. The first-order chi connectivity index (χ1) is 21.1. The van der Waals surface area contributed by atoms with Crippen molar-refractivity contribution in [1.82, 2.24) is 9.88 Å². The summed E-state index contributed by atoms with van der Waals surface area (Å²) in [6.45, 7) is 5.41. The van der Waals surface area contributed by atoms with Crippen LogP contribution in [-0.4, -0.2) is 41.3 Å². The number of para-hydroxylation sites is 1. The lowest BCUT2D eigenvalue weighted by Gasteiger charge is -2.35. The summed E-state index contributed by atoms with van der Waals surface area (Å²) in [5.41, 5.74) is 1.60. The number of benzene rings is 4. The highest BCUT2D eigenvalue weighted by Crippen LogP contribution is 2.40. The summed E-state index contributed by atoms with van der Waals surface area (Å²) in [6, 6.07) is 34.9. The molecule has 0 aliphatic heterocycles. The Morgan fingerprint density at radius 1 is 0.727 bits per heavy atom. The minimum Gasteiger partial charge on any atom is -0.467 e. The minimum atomic E-state index is -1.28. The molecule has 0 aliphatic rings. The van der Waals surface area contributed by atoms with Crippen LogP contribution in [0.25, 0.3) is 10.9 Å². The number of carbonyl (C=O) groups excluding carboxylic acids is 3. The van der Waals surface area contributed by atoms with Gasteiger partial charge in [0.15, 0.2) is 0 Å². The number of methoxy groups -OCH3 is 1. The van der Waals surface area contributed by atoms with Gasteiger partial charge in [0.2, 0.25) is 5.91 Å². The summed E-state index contributed by atoms with van der Waals surface area (Å²) in [5, 5.41) is 3.82. The van der Waals surface area contributed by atoms with Crippen LogP contribution in [0.5, 0.6) is 0 Å². The number of fused-ring (bicyclic) bond motifs is 1. The van der Waals surface area contributed by atoms with Gasteiger partial charge in [0.05, 0.1) is 12.6 Å². The first-order valence-corrected chi connectivity index (χ1v) is 14.5. The SMILES string of the molecule is COC(=O)[C@@H](Cc1cn(C(=O)OC(C)(C)C)c2ccccc12)NC(=O)C(c1ccccc1)(c1ccccc1)c1ccccc1. The van der Waals surface area contributed by atoms with Crippen LogP contribution in [-0.2, 0) is 30.9 Å². The van der Waals surface area contributed by atoms with Gasteiger partial charge in [-0.1, -0.05) is 109 Å². The Balaban J connectivity index is 1.60. The average molecular weight is 589 g/mol. The zero-order valence-electron chi connectivity index (χ0n) is 25.3. The molecule has 0 fully saturated rings.